The van der Waals surface area contributed by atoms with Crippen molar-refractivity contribution in [3.8, 4) is 0 Å². The van der Waals surface area contributed by atoms with E-state index in [2.05, 4.69) is 10.1 Å². The Morgan fingerprint density at radius 3 is 2.69 bits per heavy atom. The molecule has 0 radical (unpaired) electrons. The molecule has 0 aliphatic heterocycles. The number of hydrogen-bond donors (Lipinski definition) is 1. The van der Waals surface area contributed by atoms with Gasteiger partial charge < -0.3 is 5.73 Å². The van der Waals surface area contributed by atoms with E-state index in [9.17, 15) is 4.39 Å². The zero-order valence-corrected chi connectivity index (χ0v) is 9.24. The topological polar surface area (TPSA) is 56.7 Å². The molecule has 0 atom stereocenters. The number of anilines is 1. The van der Waals surface area contributed by atoms with Gasteiger partial charge in [0.25, 0.3) is 0 Å². The number of nitrogen functional groups attached to an aromatic ring is 1. The fraction of sp³-hybridized carbons (Fsp3) is 0.273. The van der Waals surface area contributed by atoms with Crippen molar-refractivity contribution in [2.24, 2.45) is 0 Å². The van der Waals surface area contributed by atoms with E-state index < -0.39 is 0 Å². The average Bonchev–Trinajstić information content (AvgIpc) is 2.50. The minimum absolute atomic E-state index is 0.326. The molecule has 0 aliphatic carbocycles. The van der Waals surface area contributed by atoms with Gasteiger partial charge in [-0.15, -0.1) is 0 Å². The Balaban J connectivity index is 2.30. The molecule has 2 rings (SSSR count). The summed E-state index contributed by atoms with van der Waals surface area (Å²) in [5.41, 5.74) is 7.00. The number of benzene rings is 1. The lowest BCUT2D eigenvalue weighted by molar-refractivity contribution is 0.623. The van der Waals surface area contributed by atoms with E-state index in [-0.39, 0.29) is 5.82 Å². The Labute approximate surface area is 92.9 Å². The van der Waals surface area contributed by atoms with Crippen LogP contribution in [0.3, 0.4) is 0 Å². The third-order valence-corrected chi connectivity index (χ3v) is 2.39. The quantitative estimate of drug-likeness (QED) is 0.783. The van der Waals surface area contributed by atoms with Gasteiger partial charge in [0.15, 0.2) is 0 Å². The van der Waals surface area contributed by atoms with E-state index in [1.165, 1.54) is 12.1 Å². The lowest BCUT2D eigenvalue weighted by Crippen LogP contribution is -2.06. The third-order valence-electron chi connectivity index (χ3n) is 2.39. The van der Waals surface area contributed by atoms with Crippen LogP contribution < -0.4 is 5.73 Å². The predicted octanol–water partition coefficient (Wildman–Crippen LogP) is 1.66. The molecule has 0 fully saturated rings. The molecule has 5 heteroatoms. The van der Waals surface area contributed by atoms with Gasteiger partial charge in [-0.1, -0.05) is 6.07 Å². The van der Waals surface area contributed by atoms with Crippen LogP contribution in [0.4, 0.5) is 10.1 Å². The van der Waals surface area contributed by atoms with Gasteiger partial charge in [-0.05, 0) is 31.5 Å². The summed E-state index contributed by atoms with van der Waals surface area (Å²) in [6.07, 6.45) is 0. The van der Waals surface area contributed by atoms with Crippen molar-refractivity contribution in [3.05, 3.63) is 41.2 Å². The SMILES string of the molecule is Cc1nc(C)n(Cc2ccc(F)cc2N)n1. The first-order valence-corrected chi connectivity index (χ1v) is 4.98. The summed E-state index contributed by atoms with van der Waals surface area (Å²) in [6.45, 7) is 4.22. The Morgan fingerprint density at radius 1 is 1.38 bits per heavy atom. The first-order chi connectivity index (χ1) is 7.56. The van der Waals surface area contributed by atoms with Crippen LogP contribution >= 0.6 is 0 Å². The lowest BCUT2D eigenvalue weighted by atomic mass is 10.2. The number of nitrogens with zero attached hydrogens (tertiary/aromatic N) is 3. The molecule has 16 heavy (non-hydrogen) atoms. The van der Waals surface area contributed by atoms with Gasteiger partial charge in [0.05, 0.1) is 6.54 Å². The van der Waals surface area contributed by atoms with Crippen LogP contribution in [0.15, 0.2) is 18.2 Å². The zero-order chi connectivity index (χ0) is 11.7. The standard InChI is InChI=1S/C11H13FN4/c1-7-14-8(2)16(15-7)6-9-3-4-10(12)5-11(9)13/h3-5H,6,13H2,1-2H3. The Morgan fingerprint density at radius 2 is 2.12 bits per heavy atom. The summed E-state index contributed by atoms with van der Waals surface area (Å²) in [6, 6.07) is 4.38. The highest BCUT2D eigenvalue weighted by atomic mass is 19.1. The normalized spacial score (nSPS) is 10.7. The highest BCUT2D eigenvalue weighted by molar-refractivity contribution is 5.46. The first kappa shape index (κ1) is 10.6. The van der Waals surface area contributed by atoms with Gasteiger partial charge in [0.2, 0.25) is 0 Å². The van der Waals surface area contributed by atoms with Crippen molar-refractivity contribution in [2.75, 3.05) is 5.73 Å². The molecule has 1 heterocycles. The molecule has 0 unspecified atom stereocenters. The van der Waals surface area contributed by atoms with Crippen LogP contribution in [-0.4, -0.2) is 14.8 Å². The smallest absolute Gasteiger partial charge is 0.147 e. The second-order valence-electron chi connectivity index (χ2n) is 3.71. The van der Waals surface area contributed by atoms with Crippen LogP contribution in [0.25, 0.3) is 0 Å². The summed E-state index contributed by atoms with van der Waals surface area (Å²) < 4.78 is 14.6. The van der Waals surface area contributed by atoms with E-state index >= 15 is 0 Å². The molecule has 1 aromatic carbocycles. The third kappa shape index (κ3) is 2.03. The van der Waals surface area contributed by atoms with Crippen molar-refractivity contribution < 1.29 is 4.39 Å². The summed E-state index contributed by atoms with van der Waals surface area (Å²) >= 11 is 0. The number of hydrogen-bond acceptors (Lipinski definition) is 3. The monoisotopic (exact) mass is 220 g/mol. The summed E-state index contributed by atoms with van der Waals surface area (Å²) in [7, 11) is 0. The number of nitrogens with two attached hydrogens (primary N) is 1. The van der Waals surface area contributed by atoms with Crippen molar-refractivity contribution >= 4 is 5.69 Å². The first-order valence-electron chi connectivity index (χ1n) is 4.98. The van der Waals surface area contributed by atoms with E-state index in [1.807, 2.05) is 13.8 Å². The van der Waals surface area contributed by atoms with Crippen molar-refractivity contribution in [3.63, 3.8) is 0 Å². The van der Waals surface area contributed by atoms with Gasteiger partial charge in [0, 0.05) is 5.69 Å². The maximum atomic E-state index is 12.9. The Bertz CT molecular complexity index is 519. The van der Waals surface area contributed by atoms with Crippen molar-refractivity contribution in [1.82, 2.24) is 14.8 Å². The Kier molecular flexibility index (Phi) is 2.60. The van der Waals surface area contributed by atoms with Crippen molar-refractivity contribution in [1.29, 1.82) is 0 Å². The van der Waals surface area contributed by atoms with Crippen LogP contribution in [0.1, 0.15) is 17.2 Å². The highest BCUT2D eigenvalue weighted by Crippen LogP contribution is 2.15. The van der Waals surface area contributed by atoms with Crippen LogP contribution in [0.2, 0.25) is 0 Å². The van der Waals surface area contributed by atoms with Gasteiger partial charge in [-0.25, -0.2) is 14.1 Å². The highest BCUT2D eigenvalue weighted by Gasteiger charge is 2.06. The summed E-state index contributed by atoms with van der Waals surface area (Å²) in [4.78, 5) is 4.19. The average molecular weight is 220 g/mol. The second-order valence-corrected chi connectivity index (χ2v) is 3.71. The predicted molar refractivity (Wildman–Crippen MR) is 59.4 cm³/mol. The van der Waals surface area contributed by atoms with E-state index in [0.29, 0.717) is 12.2 Å². The molecule has 0 saturated heterocycles. The summed E-state index contributed by atoms with van der Waals surface area (Å²) in [5, 5.41) is 4.23. The fourth-order valence-electron chi connectivity index (χ4n) is 1.58. The molecule has 0 aliphatic rings. The maximum absolute atomic E-state index is 12.9. The minimum Gasteiger partial charge on any atom is -0.398 e. The molecule has 0 amide bonds. The van der Waals surface area contributed by atoms with Gasteiger partial charge in [0.1, 0.15) is 17.5 Å². The zero-order valence-electron chi connectivity index (χ0n) is 9.24. The van der Waals surface area contributed by atoms with Gasteiger partial charge in [-0.2, -0.15) is 5.10 Å². The van der Waals surface area contributed by atoms with Crippen LogP contribution in [-0.2, 0) is 6.54 Å². The lowest BCUT2D eigenvalue weighted by Gasteiger charge is -2.06. The number of aromatic nitrogens is 3. The molecule has 4 nitrogen and oxygen atoms in total. The molecule has 0 bridgehead atoms. The molecule has 84 valence electrons. The number of rotatable bonds is 2. The van der Waals surface area contributed by atoms with E-state index in [1.54, 1.807) is 10.7 Å². The van der Waals surface area contributed by atoms with E-state index in [0.717, 1.165) is 17.2 Å². The second kappa shape index (κ2) is 3.92. The molecule has 2 N–H and O–H groups in total. The summed E-state index contributed by atoms with van der Waals surface area (Å²) in [5.74, 6) is 1.21. The maximum Gasteiger partial charge on any atom is 0.147 e. The molecule has 1 aromatic heterocycles. The molecule has 0 spiro atoms. The van der Waals surface area contributed by atoms with Gasteiger partial charge >= 0.3 is 0 Å². The Hall–Kier alpha value is -1.91. The number of aryl methyl sites for hydroxylation is 2. The molecule has 2 aromatic rings. The molecule has 0 saturated carbocycles. The van der Waals surface area contributed by atoms with Crippen LogP contribution in [0.5, 0.6) is 0 Å². The van der Waals surface area contributed by atoms with E-state index in [4.69, 9.17) is 5.73 Å². The molecular weight excluding hydrogens is 207 g/mol. The molecular formula is C11H13FN4. The minimum atomic E-state index is -0.326. The largest absolute Gasteiger partial charge is 0.398 e. The van der Waals surface area contributed by atoms with Crippen molar-refractivity contribution in [2.45, 2.75) is 20.4 Å². The van der Waals surface area contributed by atoms with Gasteiger partial charge in [-0.3, -0.25) is 0 Å². The number of halogens is 1. The van der Waals surface area contributed by atoms with Crippen LogP contribution in [0, 0.1) is 19.7 Å². The fourth-order valence-corrected chi connectivity index (χ4v) is 1.58.